The highest BCUT2D eigenvalue weighted by Gasteiger charge is 2.03. The number of aliphatic hydroxyl groups excluding tert-OH is 1. The van der Waals surface area contributed by atoms with E-state index in [-0.39, 0.29) is 12.6 Å². The maximum atomic E-state index is 8.66. The van der Waals surface area contributed by atoms with Gasteiger partial charge in [-0.05, 0) is 26.1 Å². The normalized spacial score (nSPS) is 12.8. The maximum Gasteiger partial charge on any atom is 0.0571 e. The first-order chi connectivity index (χ1) is 6.77. The smallest absolute Gasteiger partial charge is 0.0571 e. The fourth-order valence-electron chi connectivity index (χ4n) is 1.04. The second kappa shape index (κ2) is 6.01. The summed E-state index contributed by atoms with van der Waals surface area (Å²) in [6, 6.07) is 4.34. The third-order valence-corrected chi connectivity index (χ3v) is 2.96. The lowest BCUT2D eigenvalue weighted by Gasteiger charge is -2.09. The molecule has 0 saturated carbocycles. The molecule has 1 atom stereocenters. The molecule has 0 aromatic carbocycles. The Morgan fingerprint density at radius 3 is 2.86 bits per heavy atom. The maximum absolute atomic E-state index is 8.66. The number of rotatable bonds is 5. The fourth-order valence-corrected chi connectivity index (χ4v) is 1.66. The average Bonchev–Trinajstić information content (AvgIpc) is 2.26. The minimum atomic E-state index is 0.208. The van der Waals surface area contributed by atoms with Crippen molar-refractivity contribution < 1.29 is 5.11 Å². The van der Waals surface area contributed by atoms with Gasteiger partial charge in [0.1, 0.15) is 0 Å². The molecule has 3 nitrogen and oxygen atoms in total. The van der Waals surface area contributed by atoms with Gasteiger partial charge >= 0.3 is 0 Å². The Labute approximate surface area is 88.9 Å². The van der Waals surface area contributed by atoms with Crippen molar-refractivity contribution in [2.45, 2.75) is 17.9 Å². The molecule has 1 aromatic rings. The van der Waals surface area contributed by atoms with Gasteiger partial charge in [-0.15, -0.1) is 11.8 Å². The average molecular weight is 212 g/mol. The molecule has 0 aliphatic carbocycles. The lowest BCUT2D eigenvalue weighted by molar-refractivity contribution is 0.322. The van der Waals surface area contributed by atoms with Crippen LogP contribution in [0.15, 0.2) is 23.2 Å². The number of aliphatic hydroxyl groups is 1. The molecular formula is C10H16N2OS. The molecule has 0 fully saturated rings. The molecule has 2 N–H and O–H groups in total. The van der Waals surface area contributed by atoms with Gasteiger partial charge in [0.2, 0.25) is 0 Å². The second-order valence-electron chi connectivity index (χ2n) is 3.00. The van der Waals surface area contributed by atoms with E-state index in [1.807, 2.05) is 25.4 Å². The van der Waals surface area contributed by atoms with Crippen molar-refractivity contribution in [2.75, 3.05) is 19.4 Å². The highest BCUT2D eigenvalue weighted by Crippen LogP contribution is 2.18. The molecule has 0 radical (unpaired) electrons. The summed E-state index contributed by atoms with van der Waals surface area (Å²) < 4.78 is 0. The van der Waals surface area contributed by atoms with E-state index in [1.165, 1.54) is 0 Å². The lowest BCUT2D eigenvalue weighted by Crippen LogP contribution is -2.13. The van der Waals surface area contributed by atoms with Crippen LogP contribution in [0.4, 0.5) is 0 Å². The first-order valence-corrected chi connectivity index (χ1v) is 5.63. The van der Waals surface area contributed by atoms with E-state index in [9.17, 15) is 0 Å². The van der Waals surface area contributed by atoms with Crippen LogP contribution in [-0.4, -0.2) is 29.5 Å². The number of thioether (sulfide) groups is 1. The third kappa shape index (κ3) is 3.29. The molecule has 0 aliphatic rings. The second-order valence-corrected chi connectivity index (χ2v) is 4.17. The quantitative estimate of drug-likeness (QED) is 0.725. The fraction of sp³-hybridized carbons (Fsp3) is 0.500. The van der Waals surface area contributed by atoms with Crippen LogP contribution in [0.1, 0.15) is 18.7 Å². The van der Waals surface area contributed by atoms with E-state index in [0.717, 1.165) is 16.3 Å². The number of aromatic nitrogens is 1. The molecule has 4 heteroatoms. The van der Waals surface area contributed by atoms with Crippen molar-refractivity contribution in [3.63, 3.8) is 0 Å². The summed E-state index contributed by atoms with van der Waals surface area (Å²) in [6.45, 7) is 2.28. The van der Waals surface area contributed by atoms with Crippen LogP contribution < -0.4 is 5.32 Å². The van der Waals surface area contributed by atoms with E-state index < -0.39 is 0 Å². The van der Waals surface area contributed by atoms with E-state index in [1.54, 1.807) is 11.8 Å². The van der Waals surface area contributed by atoms with Gasteiger partial charge in [0.15, 0.2) is 0 Å². The molecule has 0 aliphatic heterocycles. The van der Waals surface area contributed by atoms with Crippen LogP contribution in [0.25, 0.3) is 0 Å². The molecular weight excluding hydrogens is 196 g/mol. The Hall–Kier alpha value is -0.580. The van der Waals surface area contributed by atoms with Crippen molar-refractivity contribution in [2.24, 2.45) is 0 Å². The topological polar surface area (TPSA) is 45.1 Å². The summed E-state index contributed by atoms with van der Waals surface area (Å²) in [5, 5.41) is 11.8. The predicted octanol–water partition coefficient (Wildman–Crippen LogP) is 1.45. The largest absolute Gasteiger partial charge is 0.396 e. The van der Waals surface area contributed by atoms with Gasteiger partial charge < -0.3 is 10.4 Å². The monoisotopic (exact) mass is 212 g/mol. The minimum Gasteiger partial charge on any atom is -0.396 e. The zero-order chi connectivity index (χ0) is 10.4. The molecule has 1 heterocycles. The van der Waals surface area contributed by atoms with E-state index in [4.69, 9.17) is 5.11 Å². The van der Waals surface area contributed by atoms with E-state index in [2.05, 4.69) is 17.2 Å². The van der Waals surface area contributed by atoms with Gasteiger partial charge in [-0.3, -0.25) is 4.98 Å². The summed E-state index contributed by atoms with van der Waals surface area (Å²) in [7, 11) is 1.92. The molecule has 0 amide bonds. The zero-order valence-electron chi connectivity index (χ0n) is 8.53. The van der Waals surface area contributed by atoms with Crippen LogP contribution in [-0.2, 0) is 0 Å². The highest BCUT2D eigenvalue weighted by molar-refractivity contribution is 7.99. The van der Waals surface area contributed by atoms with Gasteiger partial charge in [0.25, 0.3) is 0 Å². The van der Waals surface area contributed by atoms with Crippen molar-refractivity contribution in [3.8, 4) is 0 Å². The van der Waals surface area contributed by atoms with Crippen LogP contribution in [0.3, 0.4) is 0 Å². The van der Waals surface area contributed by atoms with Crippen LogP contribution >= 0.6 is 11.8 Å². The Morgan fingerprint density at radius 1 is 1.57 bits per heavy atom. The summed E-state index contributed by atoms with van der Waals surface area (Å²) in [4.78, 5) is 5.44. The molecule has 78 valence electrons. The highest BCUT2D eigenvalue weighted by atomic mass is 32.2. The van der Waals surface area contributed by atoms with Crippen LogP contribution in [0.2, 0.25) is 0 Å². The van der Waals surface area contributed by atoms with Gasteiger partial charge in [-0.1, -0.05) is 0 Å². The molecule has 0 bridgehead atoms. The number of hydrogen-bond acceptors (Lipinski definition) is 4. The minimum absolute atomic E-state index is 0.208. The van der Waals surface area contributed by atoms with Crippen molar-refractivity contribution >= 4 is 11.8 Å². The Morgan fingerprint density at radius 2 is 2.36 bits per heavy atom. The molecule has 1 aromatic heterocycles. The molecule has 0 saturated heterocycles. The van der Waals surface area contributed by atoms with Gasteiger partial charge in [0, 0.05) is 22.9 Å². The molecule has 0 spiro atoms. The summed E-state index contributed by atoms with van der Waals surface area (Å²) in [5.74, 6) is 0.725. The first-order valence-electron chi connectivity index (χ1n) is 4.64. The Bertz CT molecular complexity index is 263. The number of nitrogens with zero attached hydrogens (tertiary/aromatic N) is 1. The standard InChI is InChI=1S/C10H16N2OS/c1-8(11-2)10-4-3-9(7-12-10)14-6-5-13/h3-4,7-8,11,13H,5-6H2,1-2H3. The molecule has 14 heavy (non-hydrogen) atoms. The van der Waals surface area contributed by atoms with Gasteiger partial charge in [0.05, 0.1) is 12.3 Å². The van der Waals surface area contributed by atoms with Crippen molar-refractivity contribution in [3.05, 3.63) is 24.0 Å². The predicted molar refractivity (Wildman–Crippen MR) is 59.5 cm³/mol. The van der Waals surface area contributed by atoms with E-state index >= 15 is 0 Å². The summed E-state index contributed by atoms with van der Waals surface area (Å²) in [5.41, 5.74) is 1.04. The van der Waals surface area contributed by atoms with Gasteiger partial charge in [-0.25, -0.2) is 0 Å². The molecule has 1 unspecified atom stereocenters. The summed E-state index contributed by atoms with van der Waals surface area (Å²) in [6.07, 6.45) is 1.85. The number of pyridine rings is 1. The van der Waals surface area contributed by atoms with Crippen molar-refractivity contribution in [1.82, 2.24) is 10.3 Å². The first kappa shape index (κ1) is 11.5. The summed E-state index contributed by atoms with van der Waals surface area (Å²) >= 11 is 1.62. The SMILES string of the molecule is CNC(C)c1ccc(SCCO)cn1. The van der Waals surface area contributed by atoms with Crippen molar-refractivity contribution in [1.29, 1.82) is 0 Å². The number of nitrogens with one attached hydrogen (secondary N) is 1. The Balaban J connectivity index is 2.59. The lowest BCUT2D eigenvalue weighted by atomic mass is 10.2. The van der Waals surface area contributed by atoms with Crippen LogP contribution in [0.5, 0.6) is 0 Å². The zero-order valence-corrected chi connectivity index (χ0v) is 9.34. The molecule has 1 rings (SSSR count). The third-order valence-electron chi connectivity index (χ3n) is 2.00. The van der Waals surface area contributed by atoms with Gasteiger partial charge in [-0.2, -0.15) is 0 Å². The van der Waals surface area contributed by atoms with Crippen LogP contribution in [0, 0.1) is 0 Å². The number of hydrogen-bond donors (Lipinski definition) is 2. The van der Waals surface area contributed by atoms with E-state index in [0.29, 0.717) is 0 Å². The Kier molecular flexibility index (Phi) is 4.93.